The van der Waals surface area contributed by atoms with Gasteiger partial charge in [-0.1, -0.05) is 6.92 Å². The highest BCUT2D eigenvalue weighted by molar-refractivity contribution is 14.0. The van der Waals surface area contributed by atoms with Crippen molar-refractivity contribution >= 4 is 41.7 Å². The fourth-order valence-corrected chi connectivity index (χ4v) is 3.51. The molecule has 4 nitrogen and oxygen atoms in total. The minimum atomic E-state index is -4.15. The van der Waals surface area contributed by atoms with E-state index < -0.39 is 12.6 Å². The molecule has 1 heterocycles. The monoisotopic (exact) mass is 469 g/mol. The number of halogens is 4. The Hall–Kier alpha value is 0.1000. The smallest absolute Gasteiger partial charge is 0.381 e. The van der Waals surface area contributed by atoms with Gasteiger partial charge in [0.2, 0.25) is 0 Å². The van der Waals surface area contributed by atoms with E-state index in [1.165, 1.54) is 0 Å². The lowest BCUT2D eigenvalue weighted by Gasteiger charge is -2.35. The Morgan fingerprint density at radius 3 is 2.39 bits per heavy atom. The minimum Gasteiger partial charge on any atom is -0.381 e. The summed E-state index contributed by atoms with van der Waals surface area (Å²) in [6.45, 7) is 6.50. The van der Waals surface area contributed by atoms with Gasteiger partial charge >= 0.3 is 6.18 Å². The van der Waals surface area contributed by atoms with Crippen LogP contribution in [0.1, 0.15) is 33.1 Å². The summed E-state index contributed by atoms with van der Waals surface area (Å²) in [6, 6.07) is 0. The van der Waals surface area contributed by atoms with Gasteiger partial charge < -0.3 is 15.4 Å². The number of nitrogens with zero attached hydrogens (tertiary/aromatic N) is 1. The van der Waals surface area contributed by atoms with Crippen molar-refractivity contribution in [3.63, 3.8) is 0 Å². The summed E-state index contributed by atoms with van der Waals surface area (Å²) >= 11 is 1.87. The van der Waals surface area contributed by atoms with Gasteiger partial charge in [0.05, 0.1) is 13.0 Å². The molecule has 0 aromatic rings. The molecule has 0 atom stereocenters. The molecule has 2 N–H and O–H groups in total. The fraction of sp³-hybridized carbons (Fsp3) is 0.929. The summed E-state index contributed by atoms with van der Waals surface area (Å²) in [5.41, 5.74) is 0. The van der Waals surface area contributed by atoms with Crippen LogP contribution < -0.4 is 10.6 Å². The summed E-state index contributed by atoms with van der Waals surface area (Å²) < 4.78 is 42.1. The van der Waals surface area contributed by atoms with Gasteiger partial charge in [-0.05, 0) is 25.5 Å². The second-order valence-electron chi connectivity index (χ2n) is 5.22. The van der Waals surface area contributed by atoms with Gasteiger partial charge in [-0.25, -0.2) is 0 Å². The summed E-state index contributed by atoms with van der Waals surface area (Å²) in [4.78, 5) is 4.50. The zero-order chi connectivity index (χ0) is 16.5. The number of ether oxygens (including phenoxy) is 1. The van der Waals surface area contributed by atoms with Gasteiger partial charge in [0.1, 0.15) is 0 Å². The third-order valence-electron chi connectivity index (χ3n) is 3.43. The van der Waals surface area contributed by atoms with Crippen molar-refractivity contribution in [3.8, 4) is 0 Å². The topological polar surface area (TPSA) is 45.7 Å². The van der Waals surface area contributed by atoms with Crippen LogP contribution >= 0.6 is 35.7 Å². The summed E-state index contributed by atoms with van der Waals surface area (Å²) in [5.74, 6) is 1.45. The molecule has 0 radical (unpaired) electrons. The first-order valence-corrected chi connectivity index (χ1v) is 8.70. The van der Waals surface area contributed by atoms with E-state index in [1.54, 1.807) is 0 Å². The molecule has 0 amide bonds. The predicted molar refractivity (Wildman–Crippen MR) is 101 cm³/mol. The number of hydrogen-bond acceptors (Lipinski definition) is 3. The largest absolute Gasteiger partial charge is 0.390 e. The van der Waals surface area contributed by atoms with E-state index in [9.17, 15) is 13.2 Å². The van der Waals surface area contributed by atoms with Crippen LogP contribution in [0.25, 0.3) is 0 Å². The highest BCUT2D eigenvalue weighted by Crippen LogP contribution is 2.35. The molecule has 1 saturated heterocycles. The third-order valence-corrected chi connectivity index (χ3v) is 4.86. The molecule has 23 heavy (non-hydrogen) atoms. The van der Waals surface area contributed by atoms with Crippen molar-refractivity contribution < 1.29 is 17.9 Å². The normalized spacial score (nSPS) is 18.2. The maximum atomic E-state index is 12.2. The fourth-order valence-electron chi connectivity index (χ4n) is 2.29. The van der Waals surface area contributed by atoms with E-state index in [0.717, 1.165) is 31.8 Å². The number of thioether (sulfide) groups is 1. The number of hydrogen-bond donors (Lipinski definition) is 2. The van der Waals surface area contributed by atoms with Gasteiger partial charge in [-0.2, -0.15) is 24.9 Å². The first-order chi connectivity index (χ1) is 10.4. The number of guanidine groups is 1. The first-order valence-electron chi connectivity index (χ1n) is 7.71. The second-order valence-corrected chi connectivity index (χ2v) is 6.95. The van der Waals surface area contributed by atoms with Crippen LogP contribution in [0.4, 0.5) is 13.2 Å². The van der Waals surface area contributed by atoms with Crippen molar-refractivity contribution in [3.05, 3.63) is 0 Å². The Kier molecular flexibility index (Phi) is 11.7. The van der Waals surface area contributed by atoms with Crippen molar-refractivity contribution in [2.24, 2.45) is 4.99 Å². The van der Waals surface area contributed by atoms with Crippen LogP contribution in [-0.2, 0) is 4.74 Å². The lowest BCUT2D eigenvalue weighted by atomic mass is 9.99. The van der Waals surface area contributed by atoms with Crippen LogP contribution in [0, 0.1) is 0 Å². The Morgan fingerprint density at radius 2 is 1.87 bits per heavy atom. The lowest BCUT2D eigenvalue weighted by Crippen LogP contribution is -2.42. The van der Waals surface area contributed by atoms with Gasteiger partial charge in [0, 0.05) is 31.1 Å². The Balaban J connectivity index is 0.00000484. The van der Waals surface area contributed by atoms with Gasteiger partial charge in [-0.15, -0.1) is 24.0 Å². The number of aliphatic imine (C=N–C) groups is 1. The number of rotatable bonds is 7. The van der Waals surface area contributed by atoms with Crippen LogP contribution in [-0.4, -0.2) is 55.5 Å². The average Bonchev–Trinajstić information content (AvgIpc) is 2.45. The highest BCUT2D eigenvalue weighted by atomic mass is 127. The standard InChI is InChI=1S/C14H26F3N3OS.HI/c1-3-18-12(19-8-5-14(15,16)17)20-11-13(22-4-2)6-9-21-10-7-13;/h3-11H2,1-2H3,(H2,18,19,20);1H. The number of alkyl halides is 3. The van der Waals surface area contributed by atoms with Gasteiger partial charge in [0.25, 0.3) is 0 Å². The van der Waals surface area contributed by atoms with Gasteiger partial charge in [0.15, 0.2) is 5.96 Å². The van der Waals surface area contributed by atoms with Crippen LogP contribution in [0.5, 0.6) is 0 Å². The molecule has 1 aliphatic rings. The van der Waals surface area contributed by atoms with E-state index >= 15 is 0 Å². The quantitative estimate of drug-likeness (QED) is 0.341. The molecule has 0 spiro atoms. The zero-order valence-corrected chi connectivity index (χ0v) is 16.8. The van der Waals surface area contributed by atoms with Crippen molar-refractivity contribution in [2.75, 3.05) is 38.6 Å². The molecule has 138 valence electrons. The maximum Gasteiger partial charge on any atom is 0.390 e. The predicted octanol–water partition coefficient (Wildman–Crippen LogP) is 3.41. The summed E-state index contributed by atoms with van der Waals surface area (Å²) in [6.07, 6.45) is -3.15. The van der Waals surface area contributed by atoms with E-state index in [-0.39, 0.29) is 35.3 Å². The summed E-state index contributed by atoms with van der Waals surface area (Å²) in [5, 5.41) is 5.75. The Bertz CT molecular complexity index is 345. The van der Waals surface area contributed by atoms with E-state index in [0.29, 0.717) is 19.0 Å². The van der Waals surface area contributed by atoms with E-state index in [2.05, 4.69) is 22.5 Å². The first kappa shape index (κ1) is 23.1. The highest BCUT2D eigenvalue weighted by Gasteiger charge is 2.32. The van der Waals surface area contributed by atoms with Crippen molar-refractivity contribution in [2.45, 2.75) is 44.0 Å². The molecule has 0 unspecified atom stereocenters. The molecule has 0 aromatic heterocycles. The van der Waals surface area contributed by atoms with Crippen molar-refractivity contribution in [1.82, 2.24) is 10.6 Å². The van der Waals surface area contributed by atoms with E-state index in [1.807, 2.05) is 18.7 Å². The molecule has 0 saturated carbocycles. The molecular weight excluding hydrogens is 442 g/mol. The van der Waals surface area contributed by atoms with Crippen LogP contribution in [0.15, 0.2) is 4.99 Å². The average molecular weight is 469 g/mol. The lowest BCUT2D eigenvalue weighted by molar-refractivity contribution is -0.132. The molecule has 1 fully saturated rings. The summed E-state index contributed by atoms with van der Waals surface area (Å²) in [7, 11) is 0. The number of nitrogens with one attached hydrogen (secondary N) is 2. The molecule has 0 aromatic carbocycles. The SMILES string of the molecule is CCNC(=NCC1(SCC)CCOCC1)NCCC(F)(F)F.I. The van der Waals surface area contributed by atoms with E-state index in [4.69, 9.17) is 4.74 Å². The molecule has 0 bridgehead atoms. The van der Waals surface area contributed by atoms with Crippen LogP contribution in [0.3, 0.4) is 0 Å². The zero-order valence-electron chi connectivity index (χ0n) is 13.7. The molecule has 0 aliphatic carbocycles. The Labute approximate surface area is 157 Å². The molecule has 1 rings (SSSR count). The van der Waals surface area contributed by atoms with Crippen molar-refractivity contribution in [1.29, 1.82) is 0 Å². The molecule has 9 heteroatoms. The van der Waals surface area contributed by atoms with Crippen LogP contribution in [0.2, 0.25) is 0 Å². The Morgan fingerprint density at radius 1 is 1.22 bits per heavy atom. The molecule has 1 aliphatic heterocycles. The van der Waals surface area contributed by atoms with Gasteiger partial charge in [-0.3, -0.25) is 4.99 Å². The maximum absolute atomic E-state index is 12.2. The molecular formula is C14H27F3IN3OS. The minimum absolute atomic E-state index is 0. The second kappa shape index (κ2) is 11.6. The third kappa shape index (κ3) is 9.85.